The van der Waals surface area contributed by atoms with Gasteiger partial charge in [0.25, 0.3) is 11.8 Å². The lowest BCUT2D eigenvalue weighted by Crippen LogP contribution is -2.46. The van der Waals surface area contributed by atoms with E-state index in [0.717, 1.165) is 0 Å². The molecule has 8 nitrogen and oxygen atoms in total. The van der Waals surface area contributed by atoms with Crippen LogP contribution < -0.4 is 10.6 Å². The standard InChI is InChI=1S/C25H24F3N3O5S/c1-29-21(34)18(3-2-10-32)31-12-16-17(23(31)36)13-37-19(16)11-30-22(35)20(33)14-4-6-15(7-5-14)24(8-9-24)25(26,27)28/h4-7,10,13,18H,2-3,8-9,11-12H2,1H3,(H,29,34)(H,30,35). The number of likely N-dealkylation sites (N-methyl/N-ethyl adjacent to an activating group) is 1. The lowest BCUT2D eigenvalue weighted by Gasteiger charge is -2.26. The van der Waals surface area contributed by atoms with Crippen molar-refractivity contribution in [2.75, 3.05) is 7.05 Å². The highest BCUT2D eigenvalue weighted by molar-refractivity contribution is 7.10. The molecule has 2 aromatic rings. The summed E-state index contributed by atoms with van der Waals surface area (Å²) < 4.78 is 39.9. The molecule has 1 atom stereocenters. The van der Waals surface area contributed by atoms with Crippen LogP contribution in [-0.4, -0.2) is 54.0 Å². The molecule has 196 valence electrons. The zero-order chi connectivity index (χ0) is 27.0. The molecule has 4 rings (SSSR count). The summed E-state index contributed by atoms with van der Waals surface area (Å²) in [6.07, 6.45) is -3.42. The lowest BCUT2D eigenvalue weighted by atomic mass is 9.94. The van der Waals surface area contributed by atoms with Gasteiger partial charge in [-0.1, -0.05) is 24.3 Å². The molecule has 1 aromatic carbocycles. The highest BCUT2D eigenvalue weighted by atomic mass is 32.1. The van der Waals surface area contributed by atoms with Gasteiger partial charge in [-0.3, -0.25) is 19.2 Å². The Morgan fingerprint density at radius 1 is 1.19 bits per heavy atom. The van der Waals surface area contributed by atoms with Crippen molar-refractivity contribution in [2.45, 2.75) is 56.4 Å². The topological polar surface area (TPSA) is 113 Å². The minimum absolute atomic E-state index is 0.00367. The van der Waals surface area contributed by atoms with Gasteiger partial charge in [0, 0.05) is 35.8 Å². The van der Waals surface area contributed by atoms with E-state index in [1.54, 1.807) is 5.38 Å². The summed E-state index contributed by atoms with van der Waals surface area (Å²) in [5.74, 6) is -2.56. The summed E-state index contributed by atoms with van der Waals surface area (Å²) >= 11 is 1.23. The van der Waals surface area contributed by atoms with Crippen molar-refractivity contribution in [3.63, 3.8) is 0 Å². The first-order valence-electron chi connectivity index (χ1n) is 11.6. The Kier molecular flexibility index (Phi) is 7.22. The Balaban J connectivity index is 1.40. The second kappa shape index (κ2) is 10.1. The molecule has 1 aromatic heterocycles. The van der Waals surface area contributed by atoms with E-state index in [1.165, 1.54) is 47.5 Å². The van der Waals surface area contributed by atoms with Crippen LogP contribution in [0.3, 0.4) is 0 Å². The number of nitrogens with zero attached hydrogens (tertiary/aromatic N) is 1. The number of thiophene rings is 1. The van der Waals surface area contributed by atoms with Crippen LogP contribution in [0.4, 0.5) is 13.2 Å². The fourth-order valence-corrected chi connectivity index (χ4v) is 5.54. The zero-order valence-electron chi connectivity index (χ0n) is 19.8. The average molecular weight is 536 g/mol. The number of ketones is 1. The quantitative estimate of drug-likeness (QED) is 0.276. The summed E-state index contributed by atoms with van der Waals surface area (Å²) in [5, 5.41) is 6.63. The van der Waals surface area contributed by atoms with Gasteiger partial charge in [0.2, 0.25) is 11.7 Å². The average Bonchev–Trinajstić information content (AvgIpc) is 3.53. The zero-order valence-corrected chi connectivity index (χ0v) is 20.6. The van der Waals surface area contributed by atoms with Crippen molar-refractivity contribution in [3.8, 4) is 0 Å². The normalized spacial score (nSPS) is 16.6. The third-order valence-corrected chi connectivity index (χ3v) is 7.92. The predicted octanol–water partition coefficient (Wildman–Crippen LogP) is 2.89. The second-order valence-corrected chi connectivity index (χ2v) is 9.99. The summed E-state index contributed by atoms with van der Waals surface area (Å²) in [6, 6.07) is 4.10. The lowest BCUT2D eigenvalue weighted by molar-refractivity contribution is -0.160. The third kappa shape index (κ3) is 4.89. The summed E-state index contributed by atoms with van der Waals surface area (Å²) in [7, 11) is 1.44. The first-order chi connectivity index (χ1) is 17.5. The predicted molar refractivity (Wildman–Crippen MR) is 127 cm³/mol. The van der Waals surface area contributed by atoms with Crippen molar-refractivity contribution in [1.82, 2.24) is 15.5 Å². The molecule has 1 aliphatic heterocycles. The van der Waals surface area contributed by atoms with Gasteiger partial charge in [-0.25, -0.2) is 0 Å². The van der Waals surface area contributed by atoms with Crippen LogP contribution in [0, 0.1) is 0 Å². The van der Waals surface area contributed by atoms with E-state index in [-0.39, 0.29) is 55.8 Å². The Morgan fingerprint density at radius 3 is 2.43 bits per heavy atom. The van der Waals surface area contributed by atoms with Crippen molar-refractivity contribution >= 4 is 41.1 Å². The number of hydrogen-bond acceptors (Lipinski definition) is 6. The first kappa shape index (κ1) is 26.5. The Morgan fingerprint density at radius 2 is 1.86 bits per heavy atom. The van der Waals surface area contributed by atoms with Gasteiger partial charge in [-0.15, -0.1) is 11.3 Å². The number of aldehydes is 1. The van der Waals surface area contributed by atoms with Crippen LogP contribution in [-0.2, 0) is 32.9 Å². The molecule has 3 amide bonds. The molecule has 2 aliphatic rings. The molecule has 0 radical (unpaired) electrons. The molecule has 2 heterocycles. The number of fused-ring (bicyclic) bond motifs is 1. The number of hydrogen-bond donors (Lipinski definition) is 2. The van der Waals surface area contributed by atoms with Gasteiger partial charge < -0.3 is 20.3 Å². The fraction of sp³-hybridized carbons (Fsp3) is 0.400. The number of alkyl halides is 3. The van der Waals surface area contributed by atoms with Crippen molar-refractivity contribution in [1.29, 1.82) is 0 Å². The van der Waals surface area contributed by atoms with E-state index in [2.05, 4.69) is 10.6 Å². The van der Waals surface area contributed by atoms with Crippen molar-refractivity contribution in [2.24, 2.45) is 0 Å². The molecule has 2 N–H and O–H groups in total. The molecule has 37 heavy (non-hydrogen) atoms. The number of nitrogens with one attached hydrogen (secondary N) is 2. The van der Waals surface area contributed by atoms with Crippen LogP contribution in [0.15, 0.2) is 29.6 Å². The minimum Gasteiger partial charge on any atom is -0.357 e. The maximum Gasteiger partial charge on any atom is 0.398 e. The van der Waals surface area contributed by atoms with Crippen LogP contribution in [0.2, 0.25) is 0 Å². The van der Waals surface area contributed by atoms with Gasteiger partial charge >= 0.3 is 6.18 Å². The Hall–Kier alpha value is -3.54. The number of halogens is 3. The van der Waals surface area contributed by atoms with Gasteiger partial charge in [0.05, 0.1) is 17.5 Å². The third-order valence-electron chi connectivity index (χ3n) is 6.89. The number of benzene rings is 1. The first-order valence-corrected chi connectivity index (χ1v) is 12.5. The number of carbonyl (C=O) groups is 5. The van der Waals surface area contributed by atoms with Crippen LogP contribution >= 0.6 is 11.3 Å². The molecule has 0 spiro atoms. The molecular weight excluding hydrogens is 511 g/mol. The largest absolute Gasteiger partial charge is 0.398 e. The fourth-order valence-electron chi connectivity index (χ4n) is 4.57. The molecule has 1 unspecified atom stereocenters. The second-order valence-electron chi connectivity index (χ2n) is 9.03. The molecule has 1 aliphatic carbocycles. The van der Waals surface area contributed by atoms with E-state index in [0.29, 0.717) is 22.3 Å². The molecular formula is C25H24F3N3O5S. The molecule has 12 heteroatoms. The number of Topliss-reactive ketones (excluding diaryl/α,β-unsaturated/α-hetero) is 1. The number of rotatable bonds is 10. The minimum atomic E-state index is -4.37. The van der Waals surface area contributed by atoms with E-state index in [9.17, 15) is 37.1 Å². The smallest absolute Gasteiger partial charge is 0.357 e. The summed E-state index contributed by atoms with van der Waals surface area (Å²) in [4.78, 5) is 63.0. The maximum atomic E-state index is 13.3. The molecule has 0 saturated heterocycles. The van der Waals surface area contributed by atoms with Crippen LogP contribution in [0.5, 0.6) is 0 Å². The highest BCUT2D eigenvalue weighted by Crippen LogP contribution is 2.58. The van der Waals surface area contributed by atoms with Gasteiger partial charge in [-0.2, -0.15) is 13.2 Å². The number of amides is 3. The van der Waals surface area contributed by atoms with Gasteiger partial charge in [0.1, 0.15) is 12.3 Å². The van der Waals surface area contributed by atoms with Crippen molar-refractivity contribution in [3.05, 3.63) is 56.8 Å². The SMILES string of the molecule is CNC(=O)C(CCC=O)N1Cc2c(csc2CNC(=O)C(=O)c2ccc(C3(C(F)(F)F)CC3)cc2)C1=O. The van der Waals surface area contributed by atoms with E-state index in [4.69, 9.17) is 0 Å². The van der Waals surface area contributed by atoms with E-state index in [1.807, 2.05) is 0 Å². The summed E-state index contributed by atoms with van der Waals surface area (Å²) in [6.45, 7) is 0.0795. The summed E-state index contributed by atoms with van der Waals surface area (Å²) in [5.41, 5.74) is -0.792. The maximum absolute atomic E-state index is 13.3. The highest BCUT2D eigenvalue weighted by Gasteiger charge is 2.64. The van der Waals surface area contributed by atoms with Crippen LogP contribution in [0.1, 0.15) is 62.4 Å². The van der Waals surface area contributed by atoms with Crippen LogP contribution in [0.25, 0.3) is 0 Å². The molecule has 1 saturated carbocycles. The van der Waals surface area contributed by atoms with Gasteiger partial charge in [0.15, 0.2) is 0 Å². The monoisotopic (exact) mass is 535 g/mol. The number of carbonyl (C=O) groups excluding carboxylic acids is 5. The molecule has 1 fully saturated rings. The van der Waals surface area contributed by atoms with Gasteiger partial charge in [-0.05, 0) is 30.4 Å². The van der Waals surface area contributed by atoms with E-state index >= 15 is 0 Å². The molecule has 0 bridgehead atoms. The van der Waals surface area contributed by atoms with E-state index < -0.39 is 35.2 Å². The Labute approximate surface area is 214 Å². The Bertz CT molecular complexity index is 1250. The van der Waals surface area contributed by atoms with Crippen molar-refractivity contribution < 1.29 is 37.1 Å².